The molecular weight excluding hydrogens is 497 g/mol. The summed E-state index contributed by atoms with van der Waals surface area (Å²) in [4.78, 5) is 27.3. The van der Waals surface area contributed by atoms with Gasteiger partial charge in [0.25, 0.3) is 11.8 Å². The minimum Gasteiger partial charge on any atom is -0.468 e. The van der Waals surface area contributed by atoms with Crippen molar-refractivity contribution in [2.75, 3.05) is 18.4 Å². The van der Waals surface area contributed by atoms with Crippen LogP contribution in [0.25, 0.3) is 10.9 Å². The Morgan fingerprint density at radius 1 is 1.08 bits per heavy atom. The number of rotatable bonds is 5. The summed E-state index contributed by atoms with van der Waals surface area (Å²) in [6, 6.07) is 15.1. The van der Waals surface area contributed by atoms with E-state index in [0.29, 0.717) is 50.1 Å². The third kappa shape index (κ3) is 4.78. The minimum absolute atomic E-state index is 0.0310. The van der Waals surface area contributed by atoms with E-state index >= 15 is 0 Å². The first-order valence-corrected chi connectivity index (χ1v) is 12.5. The smallest absolute Gasteiger partial charge is 0.420 e. The number of fused-ring (bicyclic) bond motifs is 1. The fraction of sp³-hybridized carbons (Fsp3) is 0.321. The zero-order valence-electron chi connectivity index (χ0n) is 21.0. The molecule has 1 fully saturated rings. The number of nitrogens with one attached hydrogen (secondary N) is 1. The van der Waals surface area contributed by atoms with Crippen molar-refractivity contribution in [3.8, 4) is 0 Å². The molecule has 5 rings (SSSR count). The van der Waals surface area contributed by atoms with Gasteiger partial charge in [0.05, 0.1) is 11.1 Å². The standard InChI is InChI=1S/C28H27F3N4O3/c1-3-35-23-7-5-4-6-21(23)25(33-35)26(36)32-20-10-8-18(9-11-20)19-12-14-34(15-13-19)27(37)24-17(2)38-16-22(24)28(29,30)31/h4-11,16,19H,3,12-15H2,1-2H3,(H,32,36). The maximum absolute atomic E-state index is 13.3. The molecule has 198 valence electrons. The Hall–Kier alpha value is -4.08. The number of likely N-dealkylation sites (tertiary alicyclic amines) is 1. The summed E-state index contributed by atoms with van der Waals surface area (Å²) in [7, 11) is 0. The lowest BCUT2D eigenvalue weighted by Crippen LogP contribution is -2.38. The number of amides is 2. The number of halogens is 3. The molecule has 38 heavy (non-hydrogen) atoms. The van der Waals surface area contributed by atoms with Crippen LogP contribution in [-0.4, -0.2) is 39.6 Å². The lowest BCUT2D eigenvalue weighted by atomic mass is 9.89. The zero-order valence-corrected chi connectivity index (χ0v) is 21.0. The summed E-state index contributed by atoms with van der Waals surface area (Å²) >= 11 is 0. The summed E-state index contributed by atoms with van der Waals surface area (Å²) in [6.07, 6.45) is -2.80. The summed E-state index contributed by atoms with van der Waals surface area (Å²) in [6.45, 7) is 4.68. The Bertz CT molecular complexity index is 1480. The number of piperidine rings is 1. The number of para-hydroxylation sites is 1. The Labute approximate surface area is 217 Å². The van der Waals surface area contributed by atoms with E-state index in [4.69, 9.17) is 4.42 Å². The number of benzene rings is 2. The molecule has 0 atom stereocenters. The highest BCUT2D eigenvalue weighted by molar-refractivity contribution is 6.11. The Balaban J connectivity index is 1.23. The largest absolute Gasteiger partial charge is 0.468 e. The fourth-order valence-corrected chi connectivity index (χ4v) is 5.07. The minimum atomic E-state index is -4.65. The van der Waals surface area contributed by atoms with Crippen molar-refractivity contribution in [2.24, 2.45) is 0 Å². The monoisotopic (exact) mass is 524 g/mol. The second-order valence-electron chi connectivity index (χ2n) is 9.40. The van der Waals surface area contributed by atoms with Gasteiger partial charge in [-0.05, 0) is 56.4 Å². The van der Waals surface area contributed by atoms with Crippen molar-refractivity contribution in [3.05, 3.63) is 82.9 Å². The van der Waals surface area contributed by atoms with Gasteiger partial charge in [-0.3, -0.25) is 14.3 Å². The number of aryl methyl sites for hydroxylation is 2. The van der Waals surface area contributed by atoms with E-state index in [9.17, 15) is 22.8 Å². The number of anilines is 1. The molecule has 1 saturated heterocycles. The maximum Gasteiger partial charge on any atom is 0.420 e. The van der Waals surface area contributed by atoms with Crippen molar-refractivity contribution >= 4 is 28.4 Å². The SMILES string of the molecule is CCn1nc(C(=O)Nc2ccc(C3CCN(C(=O)c4c(C(F)(F)F)coc4C)CC3)cc2)c2ccccc21. The van der Waals surface area contributed by atoms with Crippen LogP contribution in [0.4, 0.5) is 18.9 Å². The Morgan fingerprint density at radius 3 is 2.42 bits per heavy atom. The first-order chi connectivity index (χ1) is 18.2. The van der Waals surface area contributed by atoms with Crippen LogP contribution in [0, 0.1) is 6.92 Å². The second kappa shape index (κ2) is 10.00. The lowest BCUT2D eigenvalue weighted by molar-refractivity contribution is -0.138. The van der Waals surface area contributed by atoms with Crippen molar-refractivity contribution in [1.82, 2.24) is 14.7 Å². The molecule has 10 heteroatoms. The number of aromatic nitrogens is 2. The summed E-state index contributed by atoms with van der Waals surface area (Å²) < 4.78 is 46.6. The number of hydrogen-bond acceptors (Lipinski definition) is 4. The topological polar surface area (TPSA) is 80.4 Å². The summed E-state index contributed by atoms with van der Waals surface area (Å²) in [5.41, 5.74) is 1.51. The van der Waals surface area contributed by atoms with Gasteiger partial charge in [0, 0.05) is 30.7 Å². The predicted molar refractivity (Wildman–Crippen MR) is 136 cm³/mol. The zero-order chi connectivity index (χ0) is 27.0. The van der Waals surface area contributed by atoms with Crippen molar-refractivity contribution < 1.29 is 27.2 Å². The van der Waals surface area contributed by atoms with E-state index in [1.807, 2.05) is 55.5 Å². The predicted octanol–water partition coefficient (Wildman–Crippen LogP) is 6.25. The highest BCUT2D eigenvalue weighted by atomic mass is 19.4. The van der Waals surface area contributed by atoms with E-state index < -0.39 is 23.2 Å². The first kappa shape index (κ1) is 25.6. The third-order valence-corrected chi connectivity index (χ3v) is 7.09. The molecule has 2 amide bonds. The van der Waals surface area contributed by atoms with Crippen molar-refractivity contribution in [2.45, 2.75) is 45.3 Å². The molecule has 1 aliphatic rings. The average molecular weight is 525 g/mol. The highest BCUT2D eigenvalue weighted by Gasteiger charge is 2.40. The van der Waals surface area contributed by atoms with Gasteiger partial charge in [-0.2, -0.15) is 18.3 Å². The van der Waals surface area contributed by atoms with Crippen LogP contribution in [0.15, 0.2) is 59.2 Å². The van der Waals surface area contributed by atoms with Gasteiger partial charge in [0.1, 0.15) is 17.6 Å². The summed E-state index contributed by atoms with van der Waals surface area (Å²) in [5, 5.41) is 8.16. The number of furan rings is 1. The average Bonchev–Trinajstić information content (AvgIpc) is 3.49. The molecule has 3 heterocycles. The third-order valence-electron chi connectivity index (χ3n) is 7.09. The molecule has 4 aromatic rings. The van der Waals surface area contributed by atoms with Gasteiger partial charge < -0.3 is 14.6 Å². The molecule has 2 aromatic carbocycles. The van der Waals surface area contributed by atoms with Crippen LogP contribution in [0.3, 0.4) is 0 Å². The number of alkyl halides is 3. The molecule has 1 aliphatic heterocycles. The lowest BCUT2D eigenvalue weighted by Gasteiger charge is -2.32. The van der Waals surface area contributed by atoms with Gasteiger partial charge in [-0.1, -0.05) is 30.3 Å². The molecule has 0 bridgehead atoms. The van der Waals surface area contributed by atoms with E-state index in [2.05, 4.69) is 10.4 Å². The fourth-order valence-electron chi connectivity index (χ4n) is 5.07. The van der Waals surface area contributed by atoms with Crippen LogP contribution in [0.2, 0.25) is 0 Å². The van der Waals surface area contributed by atoms with Crippen LogP contribution < -0.4 is 5.32 Å². The highest BCUT2D eigenvalue weighted by Crippen LogP contribution is 2.36. The van der Waals surface area contributed by atoms with Crippen molar-refractivity contribution in [1.29, 1.82) is 0 Å². The van der Waals surface area contributed by atoms with Gasteiger partial charge in [0.15, 0.2) is 5.69 Å². The van der Waals surface area contributed by atoms with Crippen LogP contribution in [0.5, 0.6) is 0 Å². The molecule has 0 spiro atoms. The normalized spacial score (nSPS) is 14.7. The van der Waals surface area contributed by atoms with Crippen LogP contribution in [0.1, 0.15) is 63.4 Å². The number of nitrogens with zero attached hydrogens (tertiary/aromatic N) is 3. The van der Waals surface area contributed by atoms with E-state index in [1.165, 1.54) is 11.8 Å². The number of hydrogen-bond donors (Lipinski definition) is 1. The van der Waals surface area contributed by atoms with Crippen LogP contribution in [-0.2, 0) is 12.7 Å². The van der Waals surface area contributed by atoms with Crippen molar-refractivity contribution in [3.63, 3.8) is 0 Å². The first-order valence-electron chi connectivity index (χ1n) is 12.5. The van der Waals surface area contributed by atoms with E-state index in [0.717, 1.165) is 16.5 Å². The molecule has 0 unspecified atom stereocenters. The van der Waals surface area contributed by atoms with Crippen LogP contribution >= 0.6 is 0 Å². The Morgan fingerprint density at radius 2 is 1.76 bits per heavy atom. The van der Waals surface area contributed by atoms with Gasteiger partial charge in [-0.15, -0.1) is 0 Å². The quantitative estimate of drug-likeness (QED) is 0.335. The van der Waals surface area contributed by atoms with Gasteiger partial charge in [-0.25, -0.2) is 0 Å². The maximum atomic E-state index is 13.3. The number of carbonyl (C=O) groups is 2. The van der Waals surface area contributed by atoms with Gasteiger partial charge >= 0.3 is 6.18 Å². The molecule has 7 nitrogen and oxygen atoms in total. The molecule has 1 N–H and O–H groups in total. The van der Waals surface area contributed by atoms with E-state index in [1.54, 1.807) is 4.68 Å². The molecule has 2 aromatic heterocycles. The second-order valence-corrected chi connectivity index (χ2v) is 9.40. The van der Waals surface area contributed by atoms with Gasteiger partial charge in [0.2, 0.25) is 0 Å². The number of carbonyl (C=O) groups excluding carboxylic acids is 2. The molecular formula is C28H27F3N4O3. The summed E-state index contributed by atoms with van der Waals surface area (Å²) in [5.74, 6) is -0.823. The molecule has 0 saturated carbocycles. The van der Waals surface area contributed by atoms with E-state index in [-0.39, 0.29) is 17.6 Å². The molecule has 0 radical (unpaired) electrons. The molecule has 0 aliphatic carbocycles. The Kier molecular flexibility index (Phi) is 6.73.